The molecule has 0 radical (unpaired) electrons. The number of halogens is 1. The topological polar surface area (TPSA) is 72.2 Å². The molecule has 0 bridgehead atoms. The first kappa shape index (κ1) is 13.6. The number of nitrogens with zero attached hydrogens (tertiary/aromatic N) is 1. The van der Waals surface area contributed by atoms with Gasteiger partial charge >= 0.3 is 0 Å². The second-order valence-corrected chi connectivity index (χ2v) is 4.43. The normalized spacial score (nSPS) is 11.9. The van der Waals surface area contributed by atoms with Gasteiger partial charge in [0, 0.05) is 28.6 Å². The van der Waals surface area contributed by atoms with Crippen molar-refractivity contribution in [1.29, 1.82) is 0 Å². The third-order valence-corrected chi connectivity index (χ3v) is 3.25. The number of hydrogen-bond donors (Lipinski definition) is 1. The van der Waals surface area contributed by atoms with Gasteiger partial charge in [-0.1, -0.05) is 22.0 Å². The summed E-state index contributed by atoms with van der Waals surface area (Å²) in [4.78, 5) is 22.0. The van der Waals surface area contributed by atoms with Crippen LogP contribution in [0, 0.1) is 17.0 Å². The Kier molecular flexibility index (Phi) is 4.62. The third-order valence-electron chi connectivity index (χ3n) is 2.28. The van der Waals surface area contributed by atoms with E-state index in [0.717, 1.165) is 0 Å². The van der Waals surface area contributed by atoms with Gasteiger partial charge in [0.15, 0.2) is 0 Å². The highest BCUT2D eigenvalue weighted by atomic mass is 79.9. The number of alkyl halides is 1. The Morgan fingerprint density at radius 3 is 2.76 bits per heavy atom. The summed E-state index contributed by atoms with van der Waals surface area (Å²) in [5.41, 5.74) is 0.805. The molecule has 1 atom stereocenters. The maximum atomic E-state index is 11.7. The summed E-state index contributed by atoms with van der Waals surface area (Å²) in [5.74, 6) is -0.306. The summed E-state index contributed by atoms with van der Waals surface area (Å²) < 4.78 is 0. The number of carbonyl (C=O) groups is 1. The Balaban J connectivity index is 2.96. The zero-order valence-electron chi connectivity index (χ0n) is 9.57. The Morgan fingerprint density at radius 1 is 1.59 bits per heavy atom. The van der Waals surface area contributed by atoms with Crippen LogP contribution in [0.2, 0.25) is 0 Å². The maximum absolute atomic E-state index is 11.7. The van der Waals surface area contributed by atoms with Gasteiger partial charge in [-0.2, -0.15) is 0 Å². The molecule has 1 aromatic rings. The van der Waals surface area contributed by atoms with Crippen molar-refractivity contribution in [1.82, 2.24) is 5.32 Å². The quantitative estimate of drug-likeness (QED) is 0.527. The molecule has 6 heteroatoms. The molecule has 92 valence electrons. The first-order chi connectivity index (χ1) is 7.95. The van der Waals surface area contributed by atoms with Crippen LogP contribution in [0.4, 0.5) is 5.69 Å². The van der Waals surface area contributed by atoms with Gasteiger partial charge in [0.1, 0.15) is 0 Å². The van der Waals surface area contributed by atoms with Crippen molar-refractivity contribution in [3.05, 3.63) is 39.4 Å². The van der Waals surface area contributed by atoms with E-state index in [1.165, 1.54) is 6.07 Å². The fourth-order valence-electron chi connectivity index (χ4n) is 1.29. The molecule has 17 heavy (non-hydrogen) atoms. The van der Waals surface area contributed by atoms with Crippen LogP contribution in [0.15, 0.2) is 18.2 Å². The number of amides is 1. The van der Waals surface area contributed by atoms with E-state index in [9.17, 15) is 14.9 Å². The van der Waals surface area contributed by atoms with E-state index in [-0.39, 0.29) is 17.6 Å². The lowest BCUT2D eigenvalue weighted by Crippen LogP contribution is -2.33. The average molecular weight is 301 g/mol. The van der Waals surface area contributed by atoms with E-state index < -0.39 is 4.92 Å². The first-order valence-corrected chi connectivity index (χ1v) is 6.19. The molecule has 0 aliphatic rings. The number of nitro benzene ring substituents is 1. The molecule has 0 saturated carbocycles. The van der Waals surface area contributed by atoms with Gasteiger partial charge in [-0.05, 0) is 19.9 Å². The molecule has 5 nitrogen and oxygen atoms in total. The predicted octanol–water partition coefficient (Wildman–Crippen LogP) is 2.42. The monoisotopic (exact) mass is 300 g/mol. The fraction of sp³-hybridized carbons (Fsp3) is 0.364. The standard InChI is InChI=1S/C11H13BrN2O3/c1-7-3-4-9(5-10(7)14(16)17)11(15)13-8(2)6-12/h3-5,8H,6H2,1-2H3,(H,13,15). The number of hydrogen-bond acceptors (Lipinski definition) is 3. The van der Waals surface area contributed by atoms with Crippen molar-refractivity contribution in [2.45, 2.75) is 19.9 Å². The minimum absolute atomic E-state index is 0.0251. The van der Waals surface area contributed by atoms with Crippen LogP contribution >= 0.6 is 15.9 Å². The molecule has 1 unspecified atom stereocenters. The highest BCUT2D eigenvalue weighted by Crippen LogP contribution is 2.19. The van der Waals surface area contributed by atoms with Gasteiger partial charge in [0.05, 0.1) is 4.92 Å². The van der Waals surface area contributed by atoms with Gasteiger partial charge in [-0.25, -0.2) is 0 Å². The highest BCUT2D eigenvalue weighted by molar-refractivity contribution is 9.09. The lowest BCUT2D eigenvalue weighted by atomic mass is 10.1. The molecular formula is C11H13BrN2O3. The van der Waals surface area contributed by atoms with Crippen LogP contribution in [-0.2, 0) is 0 Å². The van der Waals surface area contributed by atoms with E-state index in [1.807, 2.05) is 6.92 Å². The summed E-state index contributed by atoms with van der Waals surface area (Å²) in [6.07, 6.45) is 0. The van der Waals surface area contributed by atoms with E-state index in [0.29, 0.717) is 16.5 Å². The average Bonchev–Trinajstić information content (AvgIpc) is 2.28. The van der Waals surface area contributed by atoms with E-state index in [4.69, 9.17) is 0 Å². The van der Waals surface area contributed by atoms with Crippen molar-refractivity contribution < 1.29 is 9.72 Å². The molecule has 1 N–H and O–H groups in total. The van der Waals surface area contributed by atoms with Crippen LogP contribution in [-0.4, -0.2) is 22.2 Å². The van der Waals surface area contributed by atoms with Crippen LogP contribution in [0.5, 0.6) is 0 Å². The lowest BCUT2D eigenvalue weighted by molar-refractivity contribution is -0.385. The number of nitrogens with one attached hydrogen (secondary N) is 1. The third kappa shape index (κ3) is 3.52. The van der Waals surface area contributed by atoms with E-state index >= 15 is 0 Å². The maximum Gasteiger partial charge on any atom is 0.273 e. The van der Waals surface area contributed by atoms with Crippen LogP contribution in [0.25, 0.3) is 0 Å². The van der Waals surface area contributed by atoms with Crippen molar-refractivity contribution in [2.24, 2.45) is 0 Å². The lowest BCUT2D eigenvalue weighted by Gasteiger charge is -2.10. The number of carbonyl (C=O) groups excluding carboxylic acids is 1. The molecule has 1 rings (SSSR count). The van der Waals surface area contributed by atoms with Crippen LogP contribution < -0.4 is 5.32 Å². The molecule has 0 aromatic heterocycles. The zero-order chi connectivity index (χ0) is 13.0. The number of benzene rings is 1. The van der Waals surface area contributed by atoms with Crippen molar-refractivity contribution in [3.8, 4) is 0 Å². The number of aryl methyl sites for hydroxylation is 1. The summed E-state index contributed by atoms with van der Waals surface area (Å²) in [5, 5.41) is 14.1. The van der Waals surface area contributed by atoms with Gasteiger partial charge in [-0.3, -0.25) is 14.9 Å². The molecule has 0 aliphatic carbocycles. The fourth-order valence-corrected chi connectivity index (χ4v) is 1.45. The second kappa shape index (κ2) is 5.77. The Labute approximate surface area is 107 Å². The molecule has 1 amide bonds. The molecule has 0 spiro atoms. The smallest absolute Gasteiger partial charge is 0.273 e. The minimum atomic E-state index is -0.486. The SMILES string of the molecule is Cc1ccc(C(=O)NC(C)CBr)cc1[N+](=O)[O-]. The van der Waals surface area contributed by atoms with Crippen LogP contribution in [0.3, 0.4) is 0 Å². The zero-order valence-corrected chi connectivity index (χ0v) is 11.2. The van der Waals surface area contributed by atoms with E-state index in [2.05, 4.69) is 21.2 Å². The molecule has 0 heterocycles. The minimum Gasteiger partial charge on any atom is -0.349 e. The Bertz CT molecular complexity index is 448. The van der Waals surface area contributed by atoms with Crippen molar-refractivity contribution in [2.75, 3.05) is 5.33 Å². The largest absolute Gasteiger partial charge is 0.349 e. The van der Waals surface area contributed by atoms with Gasteiger partial charge in [-0.15, -0.1) is 0 Å². The Hall–Kier alpha value is -1.43. The number of rotatable bonds is 4. The Morgan fingerprint density at radius 2 is 2.24 bits per heavy atom. The molecule has 0 aliphatic heterocycles. The molecule has 0 fully saturated rings. The van der Waals surface area contributed by atoms with Crippen LogP contribution in [0.1, 0.15) is 22.8 Å². The number of nitro groups is 1. The summed E-state index contributed by atoms with van der Waals surface area (Å²) >= 11 is 3.24. The summed E-state index contributed by atoms with van der Waals surface area (Å²) in [6, 6.07) is 4.43. The summed E-state index contributed by atoms with van der Waals surface area (Å²) in [6.45, 7) is 3.48. The van der Waals surface area contributed by atoms with Gasteiger partial charge < -0.3 is 5.32 Å². The molecule has 1 aromatic carbocycles. The van der Waals surface area contributed by atoms with Gasteiger partial charge in [0.2, 0.25) is 0 Å². The molecular weight excluding hydrogens is 288 g/mol. The highest BCUT2D eigenvalue weighted by Gasteiger charge is 2.15. The van der Waals surface area contributed by atoms with E-state index in [1.54, 1.807) is 19.1 Å². The first-order valence-electron chi connectivity index (χ1n) is 5.07. The van der Waals surface area contributed by atoms with Crippen molar-refractivity contribution in [3.63, 3.8) is 0 Å². The molecule has 0 saturated heterocycles. The van der Waals surface area contributed by atoms with Crippen molar-refractivity contribution >= 4 is 27.5 Å². The second-order valence-electron chi connectivity index (χ2n) is 3.79. The predicted molar refractivity (Wildman–Crippen MR) is 68.6 cm³/mol. The van der Waals surface area contributed by atoms with Gasteiger partial charge in [0.25, 0.3) is 11.6 Å². The summed E-state index contributed by atoms with van der Waals surface area (Å²) in [7, 11) is 0.